The van der Waals surface area contributed by atoms with E-state index >= 15 is 0 Å². The third-order valence-corrected chi connectivity index (χ3v) is 2.30. The van der Waals surface area contributed by atoms with E-state index in [4.69, 9.17) is 4.74 Å². The van der Waals surface area contributed by atoms with Crippen LogP contribution in [0.1, 0.15) is 26.3 Å². The third-order valence-electron chi connectivity index (χ3n) is 2.30. The summed E-state index contributed by atoms with van der Waals surface area (Å²) in [6, 6.07) is 2.10. The molecule has 0 aliphatic carbocycles. The minimum Gasteiger partial charge on any atom is -0.488 e. The summed E-state index contributed by atoms with van der Waals surface area (Å²) < 4.78 is 5.55. The first-order chi connectivity index (χ1) is 7.04. The van der Waals surface area contributed by atoms with Gasteiger partial charge in [0.15, 0.2) is 11.6 Å². The summed E-state index contributed by atoms with van der Waals surface area (Å²) in [4.78, 5) is 4.37. The Hall–Kier alpha value is -1.25. The van der Waals surface area contributed by atoms with Crippen molar-refractivity contribution in [3.63, 3.8) is 0 Å². The van der Waals surface area contributed by atoms with Crippen LogP contribution in [-0.4, -0.2) is 18.1 Å². The quantitative estimate of drug-likeness (QED) is 0.766. The van der Waals surface area contributed by atoms with Crippen LogP contribution in [0.25, 0.3) is 0 Å². The maximum absolute atomic E-state index is 5.55. The van der Waals surface area contributed by atoms with Crippen molar-refractivity contribution in [3.8, 4) is 5.75 Å². The van der Waals surface area contributed by atoms with E-state index in [1.165, 1.54) is 5.56 Å². The third kappa shape index (κ3) is 2.61. The second-order valence-corrected chi connectivity index (χ2v) is 5.20. The molecule has 0 saturated carbocycles. The Labute approximate surface area is 90.9 Å². The van der Waals surface area contributed by atoms with Crippen molar-refractivity contribution in [2.45, 2.75) is 27.2 Å². The molecule has 1 aromatic heterocycles. The van der Waals surface area contributed by atoms with Crippen molar-refractivity contribution in [3.05, 3.63) is 17.8 Å². The lowest BCUT2D eigenvalue weighted by Crippen LogP contribution is -2.19. The number of nitrogens with zero attached hydrogens (tertiary/aromatic N) is 1. The largest absolute Gasteiger partial charge is 0.488 e. The van der Waals surface area contributed by atoms with Crippen LogP contribution in [0.15, 0.2) is 12.3 Å². The fourth-order valence-electron chi connectivity index (χ4n) is 1.77. The number of hydrogen-bond acceptors (Lipinski definition) is 3. The van der Waals surface area contributed by atoms with E-state index in [-0.39, 0.29) is 5.41 Å². The van der Waals surface area contributed by atoms with Crippen molar-refractivity contribution in [1.29, 1.82) is 0 Å². The van der Waals surface area contributed by atoms with E-state index in [1.54, 1.807) is 0 Å². The number of hydrogen-bond donors (Lipinski definition) is 1. The highest BCUT2D eigenvalue weighted by molar-refractivity contribution is 5.52. The second-order valence-electron chi connectivity index (χ2n) is 5.20. The lowest BCUT2D eigenvalue weighted by Gasteiger charge is -2.21. The predicted molar refractivity (Wildman–Crippen MR) is 61.4 cm³/mol. The molecule has 0 atom stereocenters. The minimum absolute atomic E-state index is 0.290. The molecule has 0 amide bonds. The fraction of sp³-hybridized carbons (Fsp3) is 0.583. The summed E-state index contributed by atoms with van der Waals surface area (Å²) >= 11 is 0. The normalized spacial score (nSPS) is 15.1. The molecule has 3 nitrogen and oxygen atoms in total. The van der Waals surface area contributed by atoms with Crippen LogP contribution in [0.3, 0.4) is 0 Å². The Bertz CT molecular complexity index is 355. The number of nitrogens with one attached hydrogen (secondary N) is 1. The van der Waals surface area contributed by atoms with E-state index in [0.29, 0.717) is 0 Å². The van der Waals surface area contributed by atoms with E-state index in [0.717, 1.165) is 31.1 Å². The SMILES string of the molecule is CC(C)(C)Cc1cnc2c(c1)OCCN2. The lowest BCUT2D eigenvalue weighted by molar-refractivity contribution is 0.320. The molecule has 82 valence electrons. The fourth-order valence-corrected chi connectivity index (χ4v) is 1.77. The molecule has 1 aliphatic rings. The van der Waals surface area contributed by atoms with Gasteiger partial charge < -0.3 is 10.1 Å². The van der Waals surface area contributed by atoms with Gasteiger partial charge in [0.05, 0.1) is 6.54 Å². The maximum atomic E-state index is 5.55. The van der Waals surface area contributed by atoms with Crippen LogP contribution in [0.4, 0.5) is 5.82 Å². The van der Waals surface area contributed by atoms with E-state index in [1.807, 2.05) is 6.20 Å². The van der Waals surface area contributed by atoms with Crippen molar-refractivity contribution in [2.24, 2.45) is 5.41 Å². The summed E-state index contributed by atoms with van der Waals surface area (Å²) in [6.07, 6.45) is 2.96. The Morgan fingerprint density at radius 3 is 3.00 bits per heavy atom. The topological polar surface area (TPSA) is 34.1 Å². The average molecular weight is 206 g/mol. The van der Waals surface area contributed by atoms with Gasteiger partial charge in [-0.15, -0.1) is 0 Å². The Morgan fingerprint density at radius 1 is 1.47 bits per heavy atom. The second kappa shape index (κ2) is 3.72. The Kier molecular flexibility index (Phi) is 2.55. The molecule has 15 heavy (non-hydrogen) atoms. The van der Waals surface area contributed by atoms with Gasteiger partial charge in [-0.2, -0.15) is 0 Å². The molecule has 1 aromatic rings. The van der Waals surface area contributed by atoms with Gasteiger partial charge in [0, 0.05) is 6.20 Å². The van der Waals surface area contributed by atoms with Crippen LogP contribution >= 0.6 is 0 Å². The molecular weight excluding hydrogens is 188 g/mol. The Morgan fingerprint density at radius 2 is 2.27 bits per heavy atom. The number of anilines is 1. The van der Waals surface area contributed by atoms with Gasteiger partial charge in [-0.25, -0.2) is 4.98 Å². The molecule has 1 aliphatic heterocycles. The minimum atomic E-state index is 0.290. The zero-order valence-electron chi connectivity index (χ0n) is 9.63. The van der Waals surface area contributed by atoms with Crippen molar-refractivity contribution in [2.75, 3.05) is 18.5 Å². The molecule has 0 aromatic carbocycles. The van der Waals surface area contributed by atoms with Crippen LogP contribution < -0.4 is 10.1 Å². The van der Waals surface area contributed by atoms with Gasteiger partial charge in [0.2, 0.25) is 0 Å². The first kappa shape index (κ1) is 10.3. The Balaban J connectivity index is 2.21. The number of aromatic nitrogens is 1. The van der Waals surface area contributed by atoms with E-state index < -0.39 is 0 Å². The summed E-state index contributed by atoms with van der Waals surface area (Å²) in [5.74, 6) is 1.77. The molecule has 1 N–H and O–H groups in total. The molecule has 0 spiro atoms. The number of ether oxygens (including phenoxy) is 1. The van der Waals surface area contributed by atoms with Crippen LogP contribution in [-0.2, 0) is 6.42 Å². The molecule has 2 heterocycles. The number of fused-ring (bicyclic) bond motifs is 1. The van der Waals surface area contributed by atoms with Gasteiger partial charge in [-0.05, 0) is 23.5 Å². The zero-order chi connectivity index (χ0) is 10.9. The summed E-state index contributed by atoms with van der Waals surface area (Å²) in [5.41, 5.74) is 1.53. The summed E-state index contributed by atoms with van der Waals surface area (Å²) in [7, 11) is 0. The van der Waals surface area contributed by atoms with Crippen LogP contribution in [0.2, 0.25) is 0 Å². The zero-order valence-corrected chi connectivity index (χ0v) is 9.63. The van der Waals surface area contributed by atoms with Crippen molar-refractivity contribution < 1.29 is 4.74 Å². The summed E-state index contributed by atoms with van der Waals surface area (Å²) in [6.45, 7) is 8.26. The van der Waals surface area contributed by atoms with Gasteiger partial charge in [0.25, 0.3) is 0 Å². The molecule has 2 rings (SSSR count). The highest BCUT2D eigenvalue weighted by atomic mass is 16.5. The standard InChI is InChI=1S/C12H18N2O/c1-12(2,3)7-9-6-10-11(14-8-9)13-4-5-15-10/h6,8H,4-5,7H2,1-3H3,(H,13,14). The first-order valence-corrected chi connectivity index (χ1v) is 5.40. The van der Waals surface area contributed by atoms with Gasteiger partial charge >= 0.3 is 0 Å². The number of rotatable bonds is 1. The molecule has 0 bridgehead atoms. The molecule has 0 radical (unpaired) electrons. The highest BCUT2D eigenvalue weighted by Crippen LogP contribution is 2.28. The van der Waals surface area contributed by atoms with Crippen LogP contribution in [0.5, 0.6) is 5.75 Å². The smallest absolute Gasteiger partial charge is 0.168 e. The predicted octanol–water partition coefficient (Wildman–Crippen LogP) is 2.47. The molecule has 3 heteroatoms. The highest BCUT2D eigenvalue weighted by Gasteiger charge is 2.15. The lowest BCUT2D eigenvalue weighted by atomic mass is 9.89. The van der Waals surface area contributed by atoms with E-state index in [2.05, 4.69) is 37.1 Å². The first-order valence-electron chi connectivity index (χ1n) is 5.40. The van der Waals surface area contributed by atoms with Gasteiger partial charge in [0.1, 0.15) is 6.61 Å². The maximum Gasteiger partial charge on any atom is 0.168 e. The van der Waals surface area contributed by atoms with Crippen LogP contribution in [0, 0.1) is 5.41 Å². The molecular formula is C12H18N2O. The average Bonchev–Trinajstić information content (AvgIpc) is 2.15. The van der Waals surface area contributed by atoms with E-state index in [9.17, 15) is 0 Å². The van der Waals surface area contributed by atoms with Crippen molar-refractivity contribution >= 4 is 5.82 Å². The number of pyridine rings is 1. The molecule has 0 fully saturated rings. The molecule has 0 saturated heterocycles. The van der Waals surface area contributed by atoms with Gasteiger partial charge in [-0.1, -0.05) is 20.8 Å². The summed E-state index contributed by atoms with van der Waals surface area (Å²) in [5, 5.41) is 3.22. The monoisotopic (exact) mass is 206 g/mol. The van der Waals surface area contributed by atoms with Gasteiger partial charge in [-0.3, -0.25) is 0 Å². The van der Waals surface area contributed by atoms with Crippen molar-refractivity contribution in [1.82, 2.24) is 4.98 Å². The molecule has 0 unspecified atom stereocenters.